The van der Waals surface area contributed by atoms with Crippen molar-refractivity contribution < 1.29 is 18.1 Å². The highest BCUT2D eigenvalue weighted by Gasteiger charge is 2.51. The van der Waals surface area contributed by atoms with E-state index >= 15 is 0 Å². The van der Waals surface area contributed by atoms with Crippen molar-refractivity contribution in [3.05, 3.63) is 18.0 Å². The molecule has 1 saturated heterocycles. The first-order chi connectivity index (χ1) is 9.12. The summed E-state index contributed by atoms with van der Waals surface area (Å²) in [7, 11) is -0.588. The number of alkyl halides is 2. The highest BCUT2D eigenvalue weighted by molar-refractivity contribution is 6.62. The molecule has 0 spiro atoms. The topological polar surface area (TPSA) is 57.4 Å². The quantitative estimate of drug-likeness (QED) is 0.859. The van der Waals surface area contributed by atoms with Gasteiger partial charge in [-0.25, -0.2) is 8.78 Å². The number of nitrogen functional groups attached to an aromatic ring is 1. The van der Waals surface area contributed by atoms with E-state index in [1.807, 2.05) is 27.7 Å². The Labute approximate surface area is 117 Å². The van der Waals surface area contributed by atoms with Crippen molar-refractivity contribution in [3.8, 4) is 0 Å². The summed E-state index contributed by atoms with van der Waals surface area (Å²) in [5.74, 6) is 0. The van der Waals surface area contributed by atoms with E-state index in [1.54, 1.807) is 6.07 Å². The third kappa shape index (κ3) is 2.78. The summed E-state index contributed by atoms with van der Waals surface area (Å²) >= 11 is 0. The summed E-state index contributed by atoms with van der Waals surface area (Å²) in [6.45, 7) is 7.76. The van der Waals surface area contributed by atoms with Gasteiger partial charge in [-0.1, -0.05) is 0 Å². The molecule has 4 nitrogen and oxygen atoms in total. The molecule has 1 aliphatic heterocycles. The number of pyridine rings is 1. The van der Waals surface area contributed by atoms with Gasteiger partial charge in [0.25, 0.3) is 0 Å². The predicted molar refractivity (Wildman–Crippen MR) is 74.1 cm³/mol. The lowest BCUT2D eigenvalue weighted by Crippen LogP contribution is -2.41. The fourth-order valence-corrected chi connectivity index (χ4v) is 1.95. The van der Waals surface area contributed by atoms with Crippen LogP contribution in [-0.2, 0) is 15.7 Å². The van der Waals surface area contributed by atoms with E-state index in [0.29, 0.717) is 5.46 Å². The maximum absolute atomic E-state index is 12.4. The Balaban J connectivity index is 2.22. The van der Waals surface area contributed by atoms with Gasteiger partial charge < -0.3 is 15.0 Å². The number of aromatic nitrogens is 1. The molecule has 0 saturated carbocycles. The molecule has 0 atom stereocenters. The molecule has 20 heavy (non-hydrogen) atoms. The van der Waals surface area contributed by atoms with E-state index in [4.69, 9.17) is 15.0 Å². The molecule has 1 aliphatic rings. The monoisotopic (exact) mass is 284 g/mol. The van der Waals surface area contributed by atoms with Crippen LogP contribution in [-0.4, -0.2) is 29.7 Å². The molecular formula is C13H19BF2N2O2. The molecule has 0 radical (unpaired) electrons. The number of halogens is 2. The van der Waals surface area contributed by atoms with Gasteiger partial charge >= 0.3 is 7.12 Å². The van der Waals surface area contributed by atoms with E-state index < -0.39 is 31.2 Å². The zero-order chi connectivity index (χ0) is 15.1. The van der Waals surface area contributed by atoms with Crippen LogP contribution in [0, 0.1) is 0 Å². The average molecular weight is 284 g/mol. The highest BCUT2D eigenvalue weighted by Crippen LogP contribution is 2.36. The summed E-state index contributed by atoms with van der Waals surface area (Å²) in [4.78, 5) is 3.99. The Morgan fingerprint density at radius 2 is 1.80 bits per heavy atom. The maximum Gasteiger partial charge on any atom is 0.496 e. The van der Waals surface area contributed by atoms with E-state index in [1.165, 1.54) is 6.20 Å². The number of anilines is 1. The minimum absolute atomic E-state index is 0.195. The Kier molecular flexibility index (Phi) is 3.77. The number of hydrogen-bond donors (Lipinski definition) is 1. The van der Waals surface area contributed by atoms with Crippen LogP contribution < -0.4 is 11.2 Å². The summed E-state index contributed by atoms with van der Waals surface area (Å²) in [6, 6.07) is 1.59. The van der Waals surface area contributed by atoms with Gasteiger partial charge in [-0.3, -0.25) is 4.98 Å². The molecule has 0 amide bonds. The average Bonchev–Trinajstić information content (AvgIpc) is 2.50. The van der Waals surface area contributed by atoms with Crippen LogP contribution in [0.15, 0.2) is 12.3 Å². The SMILES string of the molecule is CC1(C)OB(c2cnc(CC(F)F)c(N)c2)OC1(C)C. The van der Waals surface area contributed by atoms with Crippen LogP contribution in [0.5, 0.6) is 0 Å². The molecule has 1 aromatic rings. The van der Waals surface area contributed by atoms with E-state index in [-0.39, 0.29) is 11.4 Å². The first-order valence-corrected chi connectivity index (χ1v) is 6.50. The Hall–Kier alpha value is -1.21. The molecule has 2 heterocycles. The van der Waals surface area contributed by atoms with Gasteiger partial charge in [0.05, 0.1) is 29.0 Å². The first kappa shape index (κ1) is 15.2. The molecule has 0 bridgehead atoms. The molecule has 1 aromatic heterocycles. The molecule has 0 aliphatic carbocycles. The smallest absolute Gasteiger partial charge is 0.399 e. The maximum atomic E-state index is 12.4. The Bertz CT molecular complexity index is 493. The normalized spacial score (nSPS) is 20.6. The van der Waals surface area contributed by atoms with Crippen molar-refractivity contribution in [2.75, 3.05) is 5.73 Å². The first-order valence-electron chi connectivity index (χ1n) is 6.50. The number of rotatable bonds is 3. The van der Waals surface area contributed by atoms with Crippen molar-refractivity contribution in [1.82, 2.24) is 4.98 Å². The minimum atomic E-state index is -2.47. The van der Waals surface area contributed by atoms with Crippen LogP contribution in [0.25, 0.3) is 0 Å². The van der Waals surface area contributed by atoms with E-state index in [2.05, 4.69) is 4.98 Å². The van der Waals surface area contributed by atoms with Crippen molar-refractivity contribution in [2.45, 2.75) is 51.7 Å². The number of hydrogen-bond acceptors (Lipinski definition) is 4. The van der Waals surface area contributed by atoms with Gasteiger partial charge in [-0.2, -0.15) is 0 Å². The van der Waals surface area contributed by atoms with E-state index in [0.717, 1.165) is 0 Å². The van der Waals surface area contributed by atoms with Gasteiger partial charge in [-0.05, 0) is 33.8 Å². The second kappa shape index (κ2) is 4.97. The molecule has 0 aromatic carbocycles. The molecular weight excluding hydrogens is 265 g/mol. The lowest BCUT2D eigenvalue weighted by Gasteiger charge is -2.32. The lowest BCUT2D eigenvalue weighted by atomic mass is 9.80. The minimum Gasteiger partial charge on any atom is -0.399 e. The zero-order valence-electron chi connectivity index (χ0n) is 12.1. The van der Waals surface area contributed by atoms with Gasteiger partial charge in [0.2, 0.25) is 6.43 Å². The third-order valence-corrected chi connectivity index (χ3v) is 3.90. The summed E-state index contributed by atoms with van der Waals surface area (Å²) in [6.07, 6.45) is -1.43. The molecule has 1 fully saturated rings. The van der Waals surface area contributed by atoms with E-state index in [9.17, 15) is 8.78 Å². The Morgan fingerprint density at radius 3 is 2.25 bits per heavy atom. The Morgan fingerprint density at radius 1 is 1.25 bits per heavy atom. The van der Waals surface area contributed by atoms with Crippen molar-refractivity contribution in [2.24, 2.45) is 0 Å². The largest absolute Gasteiger partial charge is 0.496 e. The fourth-order valence-electron chi connectivity index (χ4n) is 1.95. The van der Waals surface area contributed by atoms with Gasteiger partial charge in [0.15, 0.2) is 0 Å². The van der Waals surface area contributed by atoms with Crippen LogP contribution >= 0.6 is 0 Å². The lowest BCUT2D eigenvalue weighted by molar-refractivity contribution is 0.00578. The van der Waals surface area contributed by atoms with Crippen LogP contribution in [0.3, 0.4) is 0 Å². The highest BCUT2D eigenvalue weighted by atomic mass is 19.3. The molecule has 7 heteroatoms. The second-order valence-corrected chi connectivity index (χ2v) is 5.99. The fraction of sp³-hybridized carbons (Fsp3) is 0.615. The second-order valence-electron chi connectivity index (χ2n) is 5.99. The van der Waals surface area contributed by atoms with Crippen molar-refractivity contribution in [3.63, 3.8) is 0 Å². The molecule has 2 rings (SSSR count). The van der Waals surface area contributed by atoms with Crippen LogP contribution in [0.4, 0.5) is 14.5 Å². The molecule has 2 N–H and O–H groups in total. The van der Waals surface area contributed by atoms with Crippen molar-refractivity contribution in [1.29, 1.82) is 0 Å². The molecule has 0 unspecified atom stereocenters. The van der Waals surface area contributed by atoms with Crippen LogP contribution in [0.1, 0.15) is 33.4 Å². The van der Waals surface area contributed by atoms with Gasteiger partial charge in [-0.15, -0.1) is 0 Å². The third-order valence-electron chi connectivity index (χ3n) is 3.90. The zero-order valence-corrected chi connectivity index (χ0v) is 12.1. The summed E-state index contributed by atoms with van der Waals surface area (Å²) < 4.78 is 36.4. The summed E-state index contributed by atoms with van der Waals surface area (Å²) in [5.41, 5.74) is 5.90. The van der Waals surface area contributed by atoms with Crippen molar-refractivity contribution >= 4 is 18.3 Å². The summed E-state index contributed by atoms with van der Waals surface area (Å²) in [5, 5.41) is 0. The number of nitrogens with two attached hydrogens (primary N) is 1. The number of nitrogens with zero attached hydrogens (tertiary/aromatic N) is 1. The van der Waals surface area contributed by atoms with Crippen LogP contribution in [0.2, 0.25) is 0 Å². The predicted octanol–water partition coefficient (Wildman–Crippen LogP) is 1.77. The van der Waals surface area contributed by atoms with Gasteiger partial charge in [0, 0.05) is 11.7 Å². The standard InChI is InChI=1S/C13H19BF2N2O2/c1-12(2)13(3,4)20-14(19-12)8-5-9(17)10(18-7-8)6-11(15)16/h5,7,11H,6,17H2,1-4H3. The van der Waals surface area contributed by atoms with Gasteiger partial charge in [0.1, 0.15) is 0 Å². The molecule has 110 valence electrons.